The minimum Gasteiger partial charge on any atom is -0.482 e. The number of carboxylic acid groups (broad SMARTS) is 1. The fourth-order valence-electron chi connectivity index (χ4n) is 2.18. The zero-order valence-electron chi connectivity index (χ0n) is 11.1. The van der Waals surface area contributed by atoms with Gasteiger partial charge in [0, 0.05) is 24.2 Å². The minimum absolute atomic E-state index is 0.0558. The van der Waals surface area contributed by atoms with Crippen LogP contribution in [0.4, 0.5) is 5.69 Å². The predicted octanol–water partition coefficient (Wildman–Crippen LogP) is 1.23. The van der Waals surface area contributed by atoms with Gasteiger partial charge < -0.3 is 20.5 Å². The molecular weight excluding hydrogens is 260 g/mol. The van der Waals surface area contributed by atoms with Crippen LogP contribution in [-0.2, 0) is 9.59 Å². The molecule has 0 spiro atoms. The molecule has 1 aliphatic rings. The van der Waals surface area contributed by atoms with E-state index in [1.54, 1.807) is 24.3 Å². The van der Waals surface area contributed by atoms with Gasteiger partial charge in [-0.15, -0.1) is 0 Å². The second kappa shape index (κ2) is 6.91. The SMILES string of the molecule is O=C(O)COc1cccc(NC(=O)CC2CCCN2)c1. The van der Waals surface area contributed by atoms with Crippen LogP contribution in [0, 0.1) is 0 Å². The van der Waals surface area contributed by atoms with Gasteiger partial charge in [-0.2, -0.15) is 0 Å². The average Bonchev–Trinajstić information content (AvgIpc) is 2.89. The molecule has 0 aliphatic carbocycles. The molecule has 6 nitrogen and oxygen atoms in total. The van der Waals surface area contributed by atoms with Crippen LogP contribution in [0.25, 0.3) is 0 Å². The molecule has 2 rings (SSSR count). The molecule has 108 valence electrons. The van der Waals surface area contributed by atoms with E-state index in [0.717, 1.165) is 19.4 Å². The summed E-state index contributed by atoms with van der Waals surface area (Å²) in [5, 5.41) is 14.6. The number of ether oxygens (including phenoxy) is 1. The van der Waals surface area contributed by atoms with Gasteiger partial charge in [-0.1, -0.05) is 6.07 Å². The summed E-state index contributed by atoms with van der Waals surface area (Å²) in [5.41, 5.74) is 0.607. The van der Waals surface area contributed by atoms with Crippen LogP contribution in [0.2, 0.25) is 0 Å². The van der Waals surface area contributed by atoms with E-state index in [-0.39, 0.29) is 11.9 Å². The van der Waals surface area contributed by atoms with Crippen molar-refractivity contribution >= 4 is 17.6 Å². The van der Waals surface area contributed by atoms with Gasteiger partial charge in [0.05, 0.1) is 0 Å². The van der Waals surface area contributed by atoms with E-state index in [9.17, 15) is 9.59 Å². The molecule has 1 unspecified atom stereocenters. The topological polar surface area (TPSA) is 87.7 Å². The van der Waals surface area contributed by atoms with Gasteiger partial charge in [-0.25, -0.2) is 4.79 Å². The maximum Gasteiger partial charge on any atom is 0.341 e. The van der Waals surface area contributed by atoms with Gasteiger partial charge in [-0.3, -0.25) is 4.79 Å². The molecular formula is C14H18N2O4. The number of amides is 1. The van der Waals surface area contributed by atoms with E-state index in [1.807, 2.05) is 0 Å². The molecule has 0 aromatic heterocycles. The quantitative estimate of drug-likeness (QED) is 0.728. The van der Waals surface area contributed by atoms with Crippen LogP contribution < -0.4 is 15.4 Å². The Labute approximate surface area is 117 Å². The molecule has 1 amide bonds. The van der Waals surface area contributed by atoms with Crippen molar-refractivity contribution in [2.75, 3.05) is 18.5 Å². The fourth-order valence-corrected chi connectivity index (χ4v) is 2.18. The van der Waals surface area contributed by atoms with Crippen LogP contribution in [0.1, 0.15) is 19.3 Å². The van der Waals surface area contributed by atoms with Gasteiger partial charge >= 0.3 is 5.97 Å². The summed E-state index contributed by atoms with van der Waals surface area (Å²) in [7, 11) is 0. The van der Waals surface area contributed by atoms with Crippen molar-refractivity contribution in [2.45, 2.75) is 25.3 Å². The fraction of sp³-hybridized carbons (Fsp3) is 0.429. The van der Waals surface area contributed by atoms with Crippen molar-refractivity contribution in [1.82, 2.24) is 5.32 Å². The van der Waals surface area contributed by atoms with Gasteiger partial charge in [-0.05, 0) is 31.5 Å². The summed E-state index contributed by atoms with van der Waals surface area (Å²) < 4.78 is 5.06. The lowest BCUT2D eigenvalue weighted by Crippen LogP contribution is -2.27. The predicted molar refractivity (Wildman–Crippen MR) is 73.8 cm³/mol. The second-order valence-corrected chi connectivity index (χ2v) is 4.76. The molecule has 1 heterocycles. The second-order valence-electron chi connectivity index (χ2n) is 4.76. The van der Waals surface area contributed by atoms with E-state index in [0.29, 0.717) is 17.9 Å². The van der Waals surface area contributed by atoms with Crippen LogP contribution >= 0.6 is 0 Å². The monoisotopic (exact) mass is 278 g/mol. The largest absolute Gasteiger partial charge is 0.482 e. The number of rotatable bonds is 6. The zero-order chi connectivity index (χ0) is 14.4. The highest BCUT2D eigenvalue weighted by molar-refractivity contribution is 5.91. The third kappa shape index (κ3) is 4.55. The molecule has 0 saturated carbocycles. The lowest BCUT2D eigenvalue weighted by atomic mass is 10.1. The van der Waals surface area contributed by atoms with E-state index in [1.165, 1.54) is 0 Å². The Hall–Kier alpha value is -2.08. The molecule has 1 aliphatic heterocycles. The maximum absolute atomic E-state index is 11.9. The molecule has 1 aromatic carbocycles. The van der Waals surface area contributed by atoms with Gasteiger partial charge in [0.25, 0.3) is 0 Å². The maximum atomic E-state index is 11.9. The van der Waals surface area contributed by atoms with Crippen LogP contribution in [0.15, 0.2) is 24.3 Å². The molecule has 0 radical (unpaired) electrons. The van der Waals surface area contributed by atoms with Crippen LogP contribution in [0.3, 0.4) is 0 Å². The number of carboxylic acids is 1. The highest BCUT2D eigenvalue weighted by atomic mass is 16.5. The Morgan fingerprint density at radius 3 is 3.00 bits per heavy atom. The van der Waals surface area contributed by atoms with Crippen molar-refractivity contribution in [3.05, 3.63) is 24.3 Å². The molecule has 1 saturated heterocycles. The van der Waals surface area contributed by atoms with Gasteiger partial charge in [0.2, 0.25) is 5.91 Å². The van der Waals surface area contributed by atoms with Gasteiger partial charge in [0.1, 0.15) is 5.75 Å². The lowest BCUT2D eigenvalue weighted by molar-refractivity contribution is -0.139. The standard InChI is InChI=1S/C14H18N2O4/c17-13(8-10-4-2-6-15-10)16-11-3-1-5-12(7-11)20-9-14(18)19/h1,3,5,7,10,15H,2,4,6,8-9H2,(H,16,17)(H,18,19). The summed E-state index contributed by atoms with van der Waals surface area (Å²) >= 11 is 0. The number of hydrogen-bond acceptors (Lipinski definition) is 4. The molecule has 3 N–H and O–H groups in total. The van der Waals surface area contributed by atoms with E-state index in [2.05, 4.69) is 10.6 Å². The van der Waals surface area contributed by atoms with Gasteiger partial charge in [0.15, 0.2) is 6.61 Å². The average molecular weight is 278 g/mol. The number of aliphatic carboxylic acids is 1. The van der Waals surface area contributed by atoms with Crippen molar-refractivity contribution in [3.63, 3.8) is 0 Å². The Morgan fingerprint density at radius 2 is 2.30 bits per heavy atom. The first-order valence-electron chi connectivity index (χ1n) is 6.61. The highest BCUT2D eigenvalue weighted by Crippen LogP contribution is 2.18. The van der Waals surface area contributed by atoms with E-state index in [4.69, 9.17) is 9.84 Å². The Balaban J connectivity index is 1.86. The van der Waals surface area contributed by atoms with Crippen molar-refractivity contribution in [2.24, 2.45) is 0 Å². The van der Waals surface area contributed by atoms with Crippen LogP contribution in [-0.4, -0.2) is 36.2 Å². The molecule has 1 fully saturated rings. The highest BCUT2D eigenvalue weighted by Gasteiger charge is 2.17. The Morgan fingerprint density at radius 1 is 1.45 bits per heavy atom. The number of benzene rings is 1. The molecule has 1 atom stereocenters. The summed E-state index contributed by atoms with van der Waals surface area (Å²) in [6.45, 7) is 0.569. The summed E-state index contributed by atoms with van der Waals surface area (Å²) in [6, 6.07) is 6.97. The first kappa shape index (κ1) is 14.3. The first-order chi connectivity index (χ1) is 9.63. The van der Waals surface area contributed by atoms with Crippen molar-refractivity contribution in [3.8, 4) is 5.75 Å². The number of carbonyl (C=O) groups excluding carboxylic acids is 1. The number of carbonyl (C=O) groups is 2. The normalized spacial score (nSPS) is 17.7. The summed E-state index contributed by atoms with van der Waals surface area (Å²) in [4.78, 5) is 22.3. The smallest absolute Gasteiger partial charge is 0.341 e. The molecule has 6 heteroatoms. The van der Waals surface area contributed by atoms with E-state index >= 15 is 0 Å². The first-order valence-corrected chi connectivity index (χ1v) is 6.61. The Bertz CT molecular complexity index is 484. The minimum atomic E-state index is -1.04. The third-order valence-corrected chi connectivity index (χ3v) is 3.07. The van der Waals surface area contributed by atoms with E-state index < -0.39 is 12.6 Å². The Kier molecular flexibility index (Phi) is 4.95. The lowest BCUT2D eigenvalue weighted by Gasteiger charge is -2.11. The summed E-state index contributed by atoms with van der Waals surface area (Å²) in [6.07, 6.45) is 2.58. The third-order valence-electron chi connectivity index (χ3n) is 3.07. The van der Waals surface area contributed by atoms with Crippen LogP contribution in [0.5, 0.6) is 5.75 Å². The number of nitrogens with one attached hydrogen (secondary N) is 2. The van der Waals surface area contributed by atoms with Crippen molar-refractivity contribution in [1.29, 1.82) is 0 Å². The van der Waals surface area contributed by atoms with Crippen molar-refractivity contribution < 1.29 is 19.4 Å². The zero-order valence-corrected chi connectivity index (χ0v) is 11.1. The molecule has 1 aromatic rings. The number of anilines is 1. The molecule has 0 bridgehead atoms. The number of hydrogen-bond donors (Lipinski definition) is 3. The summed E-state index contributed by atoms with van der Waals surface area (Å²) in [5.74, 6) is -0.671. The molecule has 20 heavy (non-hydrogen) atoms.